The predicted octanol–water partition coefficient (Wildman–Crippen LogP) is 1.88. The second kappa shape index (κ2) is 6.83. The van der Waals surface area contributed by atoms with Crippen LogP contribution in [0.2, 0.25) is 0 Å². The molecule has 0 aromatic carbocycles. The van der Waals surface area contributed by atoms with Crippen molar-refractivity contribution < 1.29 is 9.32 Å². The van der Waals surface area contributed by atoms with Gasteiger partial charge in [0.25, 0.3) is 0 Å². The highest BCUT2D eigenvalue weighted by Crippen LogP contribution is 2.43. The molecule has 3 heterocycles. The summed E-state index contributed by atoms with van der Waals surface area (Å²) in [6.45, 7) is 1.62. The summed E-state index contributed by atoms with van der Waals surface area (Å²) < 4.78 is 7.31. The highest BCUT2D eigenvalue weighted by Gasteiger charge is 2.27. The van der Waals surface area contributed by atoms with Crippen molar-refractivity contribution in [3.63, 3.8) is 0 Å². The molecule has 8 nitrogen and oxygen atoms in total. The van der Waals surface area contributed by atoms with Crippen molar-refractivity contribution in [3.8, 4) is 0 Å². The normalized spacial score (nSPS) is 17.2. The molecular formula is C14H21BrN6O2S. The Bertz CT molecular complexity index is 717. The number of piperidine rings is 1. The highest BCUT2D eigenvalue weighted by atomic mass is 79.9. The first-order valence-corrected chi connectivity index (χ1v) is 11.3. The summed E-state index contributed by atoms with van der Waals surface area (Å²) >= 11 is 3.19. The Morgan fingerprint density at radius 2 is 2.08 bits per heavy atom. The lowest BCUT2D eigenvalue weighted by molar-refractivity contribution is -0.133. The van der Waals surface area contributed by atoms with Gasteiger partial charge >= 0.3 is 0 Å². The molecule has 2 aromatic heterocycles. The summed E-state index contributed by atoms with van der Waals surface area (Å²) in [5.41, 5.74) is 0. The van der Waals surface area contributed by atoms with Gasteiger partial charge in [-0.05, 0) is 52.7 Å². The largest absolute Gasteiger partial charge is 0.341 e. The van der Waals surface area contributed by atoms with Crippen molar-refractivity contribution >= 4 is 31.9 Å². The molecule has 0 radical (unpaired) electrons. The van der Waals surface area contributed by atoms with Crippen LogP contribution in [0.5, 0.6) is 0 Å². The molecule has 0 aliphatic carbocycles. The monoisotopic (exact) mass is 416 g/mol. The zero-order valence-electron chi connectivity index (χ0n) is 14.0. The van der Waals surface area contributed by atoms with Gasteiger partial charge in [0.15, 0.2) is 0 Å². The van der Waals surface area contributed by atoms with Crippen LogP contribution in [-0.4, -0.2) is 67.8 Å². The second-order valence-electron chi connectivity index (χ2n) is 6.65. The van der Waals surface area contributed by atoms with Gasteiger partial charge in [-0.2, -0.15) is 4.98 Å². The number of amides is 1. The Kier molecular flexibility index (Phi) is 4.95. The van der Waals surface area contributed by atoms with Crippen LogP contribution in [0.15, 0.2) is 20.5 Å². The van der Waals surface area contributed by atoms with Crippen LogP contribution in [0, 0.1) is 0 Å². The number of rotatable bonds is 4. The molecule has 0 N–H and O–H groups in total. The minimum absolute atomic E-state index is 0.0699. The number of hydrogen-bond acceptors (Lipinski definition) is 6. The summed E-state index contributed by atoms with van der Waals surface area (Å²) in [5.74, 6) is 0.930. The molecule has 1 amide bonds. The van der Waals surface area contributed by atoms with Gasteiger partial charge in [-0.3, -0.25) is 4.79 Å². The van der Waals surface area contributed by atoms with Crippen LogP contribution in [-0.2, 0) is 11.3 Å². The van der Waals surface area contributed by atoms with Crippen LogP contribution in [0.1, 0.15) is 24.7 Å². The molecule has 0 spiro atoms. The summed E-state index contributed by atoms with van der Waals surface area (Å²) in [7, 11) is -0.925. The van der Waals surface area contributed by atoms with E-state index in [1.165, 1.54) is 0 Å². The minimum atomic E-state index is -0.925. The van der Waals surface area contributed by atoms with Crippen molar-refractivity contribution in [1.29, 1.82) is 0 Å². The minimum Gasteiger partial charge on any atom is -0.341 e. The van der Waals surface area contributed by atoms with Gasteiger partial charge in [-0.15, -0.1) is 5.10 Å². The summed E-state index contributed by atoms with van der Waals surface area (Å²) in [4.78, 5) is 18.5. The average molecular weight is 417 g/mol. The standard InChI is InChI=1S/C14H21BrN6O2S/c1-24(2,3)11-8-21(19-17-11)9-12(22)20-6-4-10(5-7-20)13-16-14(15)18-23-13/h8,10H,4-7,9H2,1-3H3. The van der Waals surface area contributed by atoms with E-state index in [0.29, 0.717) is 23.7 Å². The van der Waals surface area contributed by atoms with Crippen LogP contribution >= 0.6 is 26.0 Å². The topological polar surface area (TPSA) is 89.9 Å². The van der Waals surface area contributed by atoms with Crippen molar-refractivity contribution in [3.05, 3.63) is 16.8 Å². The number of hydrogen-bond donors (Lipinski definition) is 0. The van der Waals surface area contributed by atoms with Crippen molar-refractivity contribution in [2.45, 2.75) is 30.3 Å². The van der Waals surface area contributed by atoms with Crippen molar-refractivity contribution in [2.24, 2.45) is 0 Å². The molecule has 10 heteroatoms. The van der Waals surface area contributed by atoms with Gasteiger partial charge in [0.05, 0.1) is 6.20 Å². The van der Waals surface area contributed by atoms with Gasteiger partial charge in [0, 0.05) is 19.0 Å². The van der Waals surface area contributed by atoms with E-state index in [4.69, 9.17) is 4.52 Å². The van der Waals surface area contributed by atoms with E-state index >= 15 is 0 Å². The maximum Gasteiger partial charge on any atom is 0.244 e. The first-order chi connectivity index (χ1) is 11.3. The van der Waals surface area contributed by atoms with Gasteiger partial charge in [-0.25, -0.2) is 14.7 Å². The molecule has 3 rings (SSSR count). The first-order valence-electron chi connectivity index (χ1n) is 7.68. The maximum atomic E-state index is 12.5. The molecule has 1 aliphatic heterocycles. The van der Waals surface area contributed by atoms with Crippen molar-refractivity contribution in [1.82, 2.24) is 30.0 Å². The molecule has 0 saturated carbocycles. The fraction of sp³-hybridized carbons (Fsp3) is 0.643. The molecule has 132 valence electrons. The maximum absolute atomic E-state index is 12.5. The smallest absolute Gasteiger partial charge is 0.244 e. The van der Waals surface area contributed by atoms with E-state index < -0.39 is 10.0 Å². The Morgan fingerprint density at radius 1 is 1.38 bits per heavy atom. The zero-order valence-corrected chi connectivity index (χ0v) is 16.4. The third-order valence-corrected chi connectivity index (χ3v) is 5.82. The van der Waals surface area contributed by atoms with Gasteiger partial charge in [0.1, 0.15) is 11.6 Å². The number of likely N-dealkylation sites (tertiary alicyclic amines) is 1. The Morgan fingerprint density at radius 3 is 2.62 bits per heavy atom. The molecule has 1 fully saturated rings. The van der Waals surface area contributed by atoms with E-state index in [9.17, 15) is 4.79 Å². The molecule has 0 atom stereocenters. The SMILES string of the molecule is CS(C)(C)c1cn(CC(=O)N2CCC(c3nc(Br)no3)CC2)nn1. The lowest BCUT2D eigenvalue weighted by Gasteiger charge is -2.30. The Labute approximate surface area is 150 Å². The summed E-state index contributed by atoms with van der Waals surface area (Å²) in [6, 6.07) is 0. The Balaban J connectivity index is 1.54. The first kappa shape index (κ1) is 17.4. The summed E-state index contributed by atoms with van der Waals surface area (Å²) in [6.07, 6.45) is 10.0. The second-order valence-corrected chi connectivity index (χ2v) is 11.4. The number of halogens is 1. The average Bonchev–Trinajstić information content (AvgIpc) is 3.16. The van der Waals surface area contributed by atoms with Crippen molar-refractivity contribution in [2.75, 3.05) is 31.9 Å². The summed E-state index contributed by atoms with van der Waals surface area (Å²) in [5, 5.41) is 13.0. The fourth-order valence-corrected chi connectivity index (χ4v) is 3.60. The number of carbonyl (C=O) groups is 1. The number of nitrogens with zero attached hydrogens (tertiary/aromatic N) is 6. The van der Waals surface area contributed by atoms with Crippen LogP contribution in [0.3, 0.4) is 0 Å². The third-order valence-electron chi connectivity index (χ3n) is 4.06. The van der Waals surface area contributed by atoms with Gasteiger partial charge in [0.2, 0.25) is 16.5 Å². The zero-order chi connectivity index (χ0) is 17.3. The molecule has 2 aromatic rings. The molecular weight excluding hydrogens is 396 g/mol. The van der Waals surface area contributed by atoms with E-state index in [-0.39, 0.29) is 18.4 Å². The highest BCUT2D eigenvalue weighted by molar-refractivity contribution is 9.10. The van der Waals surface area contributed by atoms with Crippen LogP contribution in [0.4, 0.5) is 0 Å². The van der Waals surface area contributed by atoms with E-state index in [0.717, 1.165) is 17.9 Å². The molecule has 0 bridgehead atoms. The van der Waals surface area contributed by atoms with Crippen LogP contribution in [0.25, 0.3) is 0 Å². The van der Waals surface area contributed by atoms with Gasteiger partial charge < -0.3 is 9.42 Å². The molecule has 0 unspecified atom stereocenters. The molecule has 24 heavy (non-hydrogen) atoms. The quantitative estimate of drug-likeness (QED) is 0.755. The van der Waals surface area contributed by atoms with E-state index in [1.54, 1.807) is 4.68 Å². The molecule has 1 aliphatic rings. The van der Waals surface area contributed by atoms with E-state index in [1.807, 2.05) is 11.1 Å². The lowest BCUT2D eigenvalue weighted by Crippen LogP contribution is -2.39. The van der Waals surface area contributed by atoms with Gasteiger partial charge in [-0.1, -0.05) is 5.21 Å². The fourth-order valence-electron chi connectivity index (χ4n) is 2.63. The third kappa shape index (κ3) is 3.97. The lowest BCUT2D eigenvalue weighted by atomic mass is 9.97. The van der Waals surface area contributed by atoms with E-state index in [2.05, 4.69) is 55.1 Å². The van der Waals surface area contributed by atoms with Crippen LogP contribution < -0.4 is 0 Å². The molecule has 1 saturated heterocycles. The number of aromatic nitrogens is 5. The number of carbonyl (C=O) groups excluding carboxylic acids is 1. The Hall–Kier alpha value is -1.42. The predicted molar refractivity (Wildman–Crippen MR) is 94.2 cm³/mol.